The van der Waals surface area contributed by atoms with E-state index < -0.39 is 0 Å². The van der Waals surface area contributed by atoms with E-state index in [1.165, 1.54) is 29.9 Å². The largest absolute Gasteiger partial charge is 0.508 e. The van der Waals surface area contributed by atoms with Crippen molar-refractivity contribution in [1.29, 1.82) is 0 Å². The number of phenols is 1. The van der Waals surface area contributed by atoms with E-state index in [0.717, 1.165) is 0 Å². The van der Waals surface area contributed by atoms with E-state index in [9.17, 15) is 5.11 Å². The summed E-state index contributed by atoms with van der Waals surface area (Å²) in [6.07, 6.45) is 4.01. The highest BCUT2D eigenvalue weighted by Crippen LogP contribution is 2.38. The Bertz CT molecular complexity index is 295. The van der Waals surface area contributed by atoms with E-state index in [0.29, 0.717) is 10.3 Å². The molecule has 0 aromatic heterocycles. The maximum Gasteiger partial charge on any atom is 0.116 e. The summed E-state index contributed by atoms with van der Waals surface area (Å²) in [7, 11) is 0. The van der Waals surface area contributed by atoms with Gasteiger partial charge in [-0.05, 0) is 36.8 Å². The van der Waals surface area contributed by atoms with Gasteiger partial charge in [0.15, 0.2) is 0 Å². The molecule has 1 aliphatic heterocycles. The van der Waals surface area contributed by atoms with E-state index in [-0.39, 0.29) is 0 Å². The van der Waals surface area contributed by atoms with Gasteiger partial charge < -0.3 is 5.11 Å². The molecule has 1 saturated heterocycles. The summed E-state index contributed by atoms with van der Waals surface area (Å²) in [5.41, 5.74) is 0. The van der Waals surface area contributed by atoms with Gasteiger partial charge in [-0.1, -0.05) is 12.5 Å². The molecule has 1 nitrogen and oxygen atoms in total. The molecule has 1 N–H and O–H groups in total. The molecule has 2 rings (SSSR count). The van der Waals surface area contributed by atoms with Crippen molar-refractivity contribution < 1.29 is 5.11 Å². The highest BCUT2D eigenvalue weighted by atomic mass is 32.2. The molecule has 1 aromatic carbocycles. The van der Waals surface area contributed by atoms with Gasteiger partial charge in [0.2, 0.25) is 0 Å². The summed E-state index contributed by atoms with van der Waals surface area (Å²) < 4.78 is 0.686. The van der Waals surface area contributed by atoms with Gasteiger partial charge in [-0.25, -0.2) is 0 Å². The van der Waals surface area contributed by atoms with Crippen molar-refractivity contribution >= 4 is 23.5 Å². The third-order valence-electron chi connectivity index (χ3n) is 2.22. The lowest BCUT2D eigenvalue weighted by Gasteiger charge is -2.20. The predicted molar refractivity (Wildman–Crippen MR) is 64.1 cm³/mol. The Morgan fingerprint density at radius 2 is 2.29 bits per heavy atom. The fourth-order valence-corrected chi connectivity index (χ4v) is 4.31. The summed E-state index contributed by atoms with van der Waals surface area (Å²) >= 11 is 3.93. The molecule has 0 amide bonds. The van der Waals surface area contributed by atoms with Gasteiger partial charge in [-0.3, -0.25) is 0 Å². The zero-order chi connectivity index (χ0) is 9.80. The third-order valence-corrected chi connectivity index (χ3v) is 5.08. The summed E-state index contributed by atoms with van der Waals surface area (Å²) in [6, 6.07) is 7.54. The average molecular weight is 226 g/mol. The fraction of sp³-hybridized carbons (Fsp3) is 0.455. The van der Waals surface area contributed by atoms with Crippen molar-refractivity contribution in [3.63, 3.8) is 0 Å². The van der Waals surface area contributed by atoms with E-state index in [4.69, 9.17) is 0 Å². The van der Waals surface area contributed by atoms with Gasteiger partial charge in [-0.15, -0.1) is 23.5 Å². The lowest BCUT2D eigenvalue weighted by atomic mass is 10.3. The standard InChI is InChI=1S/C11H14OS2/c12-9-4-3-5-10(8-9)14-11-6-1-2-7-13-11/h3-5,8,11-12H,1-2,6-7H2. The number of thioether (sulfide) groups is 2. The number of hydrogen-bond donors (Lipinski definition) is 1. The lowest BCUT2D eigenvalue weighted by Crippen LogP contribution is -2.04. The van der Waals surface area contributed by atoms with Gasteiger partial charge in [-0.2, -0.15) is 0 Å². The molecule has 0 bridgehead atoms. The van der Waals surface area contributed by atoms with Crippen LogP contribution in [0.5, 0.6) is 5.75 Å². The van der Waals surface area contributed by atoms with Crippen LogP contribution in [0.4, 0.5) is 0 Å². The zero-order valence-electron chi connectivity index (χ0n) is 7.98. The molecule has 1 atom stereocenters. The van der Waals surface area contributed by atoms with E-state index in [1.54, 1.807) is 6.07 Å². The number of aromatic hydroxyl groups is 1. The van der Waals surface area contributed by atoms with Crippen LogP contribution in [0.3, 0.4) is 0 Å². The Balaban J connectivity index is 1.95. The molecule has 1 aromatic rings. The fourth-order valence-electron chi connectivity index (χ4n) is 1.51. The van der Waals surface area contributed by atoms with Crippen LogP contribution in [-0.4, -0.2) is 15.4 Å². The SMILES string of the molecule is Oc1cccc(SC2CCCCS2)c1. The van der Waals surface area contributed by atoms with Crippen LogP contribution in [0.2, 0.25) is 0 Å². The van der Waals surface area contributed by atoms with Gasteiger partial charge in [0, 0.05) is 4.90 Å². The van der Waals surface area contributed by atoms with Crippen molar-refractivity contribution in [2.24, 2.45) is 0 Å². The summed E-state index contributed by atoms with van der Waals surface area (Å²) in [4.78, 5) is 1.18. The van der Waals surface area contributed by atoms with E-state index >= 15 is 0 Å². The maximum atomic E-state index is 9.32. The van der Waals surface area contributed by atoms with Gasteiger partial charge in [0.1, 0.15) is 5.75 Å². The number of benzene rings is 1. The van der Waals surface area contributed by atoms with E-state index in [2.05, 4.69) is 6.07 Å². The molecule has 0 saturated carbocycles. The topological polar surface area (TPSA) is 20.2 Å². The molecular weight excluding hydrogens is 212 g/mol. The second kappa shape index (κ2) is 4.99. The van der Waals surface area contributed by atoms with Crippen LogP contribution in [0.1, 0.15) is 19.3 Å². The second-order valence-corrected chi connectivity index (χ2v) is 6.30. The van der Waals surface area contributed by atoms with Gasteiger partial charge >= 0.3 is 0 Å². The van der Waals surface area contributed by atoms with Gasteiger partial charge in [0.05, 0.1) is 4.58 Å². The minimum absolute atomic E-state index is 0.371. The smallest absolute Gasteiger partial charge is 0.116 e. The first-order chi connectivity index (χ1) is 6.84. The van der Waals surface area contributed by atoms with Crippen molar-refractivity contribution in [1.82, 2.24) is 0 Å². The quantitative estimate of drug-likeness (QED) is 0.830. The molecule has 76 valence electrons. The first-order valence-corrected chi connectivity index (χ1v) is 6.85. The van der Waals surface area contributed by atoms with Crippen molar-refractivity contribution in [3.05, 3.63) is 24.3 Å². The summed E-state index contributed by atoms with van der Waals surface area (Å²) in [5, 5.41) is 9.32. The molecule has 1 unspecified atom stereocenters. The molecule has 14 heavy (non-hydrogen) atoms. The molecule has 3 heteroatoms. The second-order valence-electron chi connectivity index (χ2n) is 3.41. The van der Waals surface area contributed by atoms with Crippen molar-refractivity contribution in [3.8, 4) is 5.75 Å². The molecular formula is C11H14OS2. The molecule has 0 radical (unpaired) electrons. The Hall–Kier alpha value is -0.280. The lowest BCUT2D eigenvalue weighted by molar-refractivity contribution is 0.474. The van der Waals surface area contributed by atoms with Crippen LogP contribution >= 0.6 is 23.5 Å². The van der Waals surface area contributed by atoms with Crippen LogP contribution in [-0.2, 0) is 0 Å². The van der Waals surface area contributed by atoms with Crippen LogP contribution in [0.25, 0.3) is 0 Å². The zero-order valence-corrected chi connectivity index (χ0v) is 9.61. The normalized spacial score (nSPS) is 22.1. The van der Waals surface area contributed by atoms with Crippen LogP contribution in [0, 0.1) is 0 Å². The van der Waals surface area contributed by atoms with Crippen molar-refractivity contribution in [2.45, 2.75) is 28.7 Å². The Labute approximate surface area is 93.3 Å². The van der Waals surface area contributed by atoms with Crippen molar-refractivity contribution in [2.75, 3.05) is 5.75 Å². The highest BCUT2D eigenvalue weighted by molar-refractivity contribution is 8.17. The minimum atomic E-state index is 0.371. The highest BCUT2D eigenvalue weighted by Gasteiger charge is 2.14. The summed E-state index contributed by atoms with van der Waals surface area (Å²) in [6.45, 7) is 0. The molecule has 0 spiro atoms. The number of rotatable bonds is 2. The maximum absolute atomic E-state index is 9.32. The number of phenolic OH excluding ortho intramolecular Hbond substituents is 1. The first kappa shape index (κ1) is 10.2. The third kappa shape index (κ3) is 2.85. The molecule has 0 aliphatic carbocycles. The monoisotopic (exact) mass is 226 g/mol. The van der Waals surface area contributed by atoms with Crippen LogP contribution in [0.15, 0.2) is 29.2 Å². The average Bonchev–Trinajstić information content (AvgIpc) is 2.19. The summed E-state index contributed by atoms with van der Waals surface area (Å²) in [5.74, 6) is 1.66. The van der Waals surface area contributed by atoms with E-state index in [1.807, 2.05) is 35.7 Å². The van der Waals surface area contributed by atoms with Gasteiger partial charge in [0.25, 0.3) is 0 Å². The minimum Gasteiger partial charge on any atom is -0.508 e. The Morgan fingerprint density at radius 1 is 1.36 bits per heavy atom. The predicted octanol–water partition coefficient (Wildman–Crippen LogP) is 3.73. The molecule has 1 aliphatic rings. The Kier molecular flexibility index (Phi) is 3.65. The first-order valence-electron chi connectivity index (χ1n) is 4.92. The Morgan fingerprint density at radius 3 is 3.00 bits per heavy atom. The molecule has 1 heterocycles. The number of hydrogen-bond acceptors (Lipinski definition) is 3. The molecule has 1 fully saturated rings. The van der Waals surface area contributed by atoms with Crippen LogP contribution < -0.4 is 0 Å².